The molecule has 1 amide bonds. The van der Waals surface area contributed by atoms with Gasteiger partial charge in [-0.1, -0.05) is 33.9 Å². The number of carbonyl (C=O) groups is 2. The van der Waals surface area contributed by atoms with Gasteiger partial charge in [0.2, 0.25) is 0 Å². The van der Waals surface area contributed by atoms with E-state index in [4.69, 9.17) is 4.98 Å². The van der Waals surface area contributed by atoms with Crippen LogP contribution in [0.3, 0.4) is 0 Å². The van der Waals surface area contributed by atoms with Gasteiger partial charge >= 0.3 is 0 Å². The number of carbonyl (C=O) groups excluding carboxylic acids is 2. The molecule has 0 saturated carbocycles. The number of amides is 1. The van der Waals surface area contributed by atoms with Crippen LogP contribution < -0.4 is 20.7 Å². The summed E-state index contributed by atoms with van der Waals surface area (Å²) in [5.74, 6) is 1.89. The van der Waals surface area contributed by atoms with Crippen LogP contribution in [0.15, 0.2) is 66.2 Å². The van der Waals surface area contributed by atoms with Crippen molar-refractivity contribution in [2.75, 3.05) is 34.8 Å². The molecule has 262 valence electrons. The van der Waals surface area contributed by atoms with E-state index in [1.165, 1.54) is 21.9 Å². The van der Waals surface area contributed by atoms with Crippen LogP contribution in [0.5, 0.6) is 0 Å². The lowest BCUT2D eigenvalue weighted by Gasteiger charge is -2.33. The Morgan fingerprint density at radius 1 is 1.14 bits per heavy atom. The molecule has 0 radical (unpaired) electrons. The van der Waals surface area contributed by atoms with Gasteiger partial charge in [-0.2, -0.15) is 0 Å². The van der Waals surface area contributed by atoms with Crippen molar-refractivity contribution >= 4 is 34.8 Å². The Labute approximate surface area is 293 Å². The first-order chi connectivity index (χ1) is 23.5. The summed E-state index contributed by atoms with van der Waals surface area (Å²) < 4.78 is 3.66. The van der Waals surface area contributed by atoms with Crippen LogP contribution in [0.4, 0.5) is 23.1 Å². The lowest BCUT2D eigenvalue weighted by Crippen LogP contribution is -2.41. The first-order valence-corrected chi connectivity index (χ1v) is 17.0. The third-order valence-electron chi connectivity index (χ3n) is 10.1. The Kier molecular flexibility index (Phi) is 9.54. The number of aromatic nitrogens is 4. The van der Waals surface area contributed by atoms with E-state index in [2.05, 4.69) is 40.2 Å². The van der Waals surface area contributed by atoms with Crippen molar-refractivity contribution in [2.45, 2.75) is 66.5 Å². The van der Waals surface area contributed by atoms with Crippen molar-refractivity contribution in [1.82, 2.24) is 19.1 Å². The first-order valence-electron chi connectivity index (χ1n) is 17.0. The molecule has 1 atom stereocenters. The number of nitrogens with one attached hydrogen (secondary N) is 1. The average molecular weight is 678 g/mol. The zero-order valence-corrected chi connectivity index (χ0v) is 28.4. The number of piperidine rings is 1. The zero-order valence-electron chi connectivity index (χ0n) is 28.4. The minimum atomic E-state index is -0.335. The standard InChI is InChI=1S/C38H43N7O4.CH4/c1-5-27(47)16-24-8-7-13-43(21-24)34-10-6-9-33(41-34)40-30-17-26(22-42(4)36(30)48)28-11-12-39-35(29(28)23-46)45-15-14-44-31(37(45)49)18-25-19-38(2,3)20-32(25)44;/h5-6,9-12,17-18,22,24,46H,1,7-8,13-16,19-21,23H2,2-4H3,(H,40,41);1H4/t24-;/m1./s1. The van der Waals surface area contributed by atoms with Gasteiger partial charge in [0, 0.05) is 68.9 Å². The molecule has 6 heterocycles. The van der Waals surface area contributed by atoms with E-state index in [0.717, 1.165) is 44.6 Å². The van der Waals surface area contributed by atoms with Crippen molar-refractivity contribution < 1.29 is 14.7 Å². The predicted octanol–water partition coefficient (Wildman–Crippen LogP) is 5.66. The number of hydrogen-bond donors (Lipinski definition) is 2. The molecule has 3 aliphatic rings. The normalized spacial score (nSPS) is 17.9. The number of aryl methyl sites for hydroxylation is 1. The third-order valence-corrected chi connectivity index (χ3v) is 10.1. The Bertz CT molecular complexity index is 2030. The highest BCUT2D eigenvalue weighted by Gasteiger charge is 2.37. The maximum atomic E-state index is 13.9. The number of ketones is 1. The number of nitrogens with zero attached hydrogens (tertiary/aromatic N) is 6. The van der Waals surface area contributed by atoms with Gasteiger partial charge in [-0.05, 0) is 84.6 Å². The minimum Gasteiger partial charge on any atom is -0.392 e. The maximum Gasteiger partial charge on any atom is 0.276 e. The van der Waals surface area contributed by atoms with Gasteiger partial charge in [0.25, 0.3) is 11.5 Å². The van der Waals surface area contributed by atoms with Crippen molar-refractivity contribution in [2.24, 2.45) is 18.4 Å². The number of anilines is 4. The van der Waals surface area contributed by atoms with Crippen LogP contribution in [0.2, 0.25) is 0 Å². The Morgan fingerprint density at radius 3 is 2.74 bits per heavy atom. The topological polar surface area (TPSA) is 126 Å². The summed E-state index contributed by atoms with van der Waals surface area (Å²) in [7, 11) is 1.68. The summed E-state index contributed by atoms with van der Waals surface area (Å²) in [6, 6.07) is 11.2. The number of aliphatic hydroxyl groups is 1. The second kappa shape index (κ2) is 13.7. The van der Waals surface area contributed by atoms with Crippen LogP contribution in [-0.4, -0.2) is 55.5 Å². The molecular weight excluding hydrogens is 630 g/mol. The molecule has 4 aromatic heterocycles. The van der Waals surface area contributed by atoms with Gasteiger partial charge in [-0.3, -0.25) is 19.3 Å². The lowest BCUT2D eigenvalue weighted by molar-refractivity contribution is -0.115. The van der Waals surface area contributed by atoms with Crippen LogP contribution in [-0.2, 0) is 37.8 Å². The summed E-state index contributed by atoms with van der Waals surface area (Å²) in [6.45, 7) is 10.5. The van der Waals surface area contributed by atoms with Crippen molar-refractivity contribution in [3.05, 3.63) is 94.3 Å². The summed E-state index contributed by atoms with van der Waals surface area (Å²) >= 11 is 0. The summed E-state index contributed by atoms with van der Waals surface area (Å²) in [6.07, 6.45) is 9.10. The fraction of sp³-hybridized carbons (Fsp3) is 0.410. The molecule has 11 nitrogen and oxygen atoms in total. The summed E-state index contributed by atoms with van der Waals surface area (Å²) in [5, 5.41) is 13.9. The number of allylic oxidation sites excluding steroid dienone is 1. The van der Waals surface area contributed by atoms with Crippen LogP contribution in [0.1, 0.15) is 67.8 Å². The molecule has 11 heteroatoms. The van der Waals surface area contributed by atoms with Gasteiger partial charge in [-0.25, -0.2) is 9.97 Å². The van der Waals surface area contributed by atoms with Crippen LogP contribution >= 0.6 is 0 Å². The fourth-order valence-corrected chi connectivity index (χ4v) is 7.82. The third kappa shape index (κ3) is 6.49. The van der Waals surface area contributed by atoms with Gasteiger partial charge in [0.1, 0.15) is 28.8 Å². The van der Waals surface area contributed by atoms with Crippen LogP contribution in [0, 0.1) is 11.3 Å². The summed E-state index contributed by atoms with van der Waals surface area (Å²) in [5.41, 5.74) is 5.32. The average Bonchev–Trinajstić information content (AvgIpc) is 3.58. The quantitative estimate of drug-likeness (QED) is 0.218. The highest BCUT2D eigenvalue weighted by atomic mass is 16.3. The Balaban J connectivity index is 0.00000432. The second-order valence-electron chi connectivity index (χ2n) is 14.3. The van der Waals surface area contributed by atoms with Gasteiger partial charge in [0.05, 0.1) is 6.61 Å². The molecule has 0 unspecified atom stereocenters. The largest absolute Gasteiger partial charge is 0.392 e. The Hall–Kier alpha value is -5.03. The van der Waals surface area contributed by atoms with E-state index in [9.17, 15) is 19.5 Å². The zero-order chi connectivity index (χ0) is 34.4. The van der Waals surface area contributed by atoms with E-state index in [1.807, 2.05) is 24.3 Å². The molecule has 2 aliphatic heterocycles. The van der Waals surface area contributed by atoms with Crippen molar-refractivity contribution in [3.63, 3.8) is 0 Å². The molecule has 1 aliphatic carbocycles. The molecule has 0 aromatic carbocycles. The predicted molar refractivity (Wildman–Crippen MR) is 197 cm³/mol. The van der Waals surface area contributed by atoms with Gasteiger partial charge < -0.3 is 24.5 Å². The van der Waals surface area contributed by atoms with E-state index in [0.29, 0.717) is 59.2 Å². The molecule has 1 fully saturated rings. The number of fused-ring (bicyclic) bond motifs is 3. The van der Waals surface area contributed by atoms with E-state index in [-0.39, 0.29) is 42.6 Å². The molecule has 2 N–H and O–H groups in total. The molecular formula is C39H47N7O4. The van der Waals surface area contributed by atoms with Crippen molar-refractivity contribution in [3.8, 4) is 11.1 Å². The molecule has 50 heavy (non-hydrogen) atoms. The van der Waals surface area contributed by atoms with E-state index < -0.39 is 0 Å². The lowest BCUT2D eigenvalue weighted by atomic mass is 9.90. The highest BCUT2D eigenvalue weighted by Crippen LogP contribution is 2.40. The monoisotopic (exact) mass is 677 g/mol. The molecule has 0 bridgehead atoms. The summed E-state index contributed by atoms with van der Waals surface area (Å²) in [4.78, 5) is 52.5. The minimum absolute atomic E-state index is 0. The molecule has 4 aromatic rings. The maximum absolute atomic E-state index is 13.9. The first kappa shape index (κ1) is 34.8. The van der Waals surface area contributed by atoms with E-state index in [1.54, 1.807) is 36.5 Å². The number of pyridine rings is 3. The number of aliphatic hydroxyl groups excluding tert-OH is 1. The number of rotatable bonds is 9. The van der Waals surface area contributed by atoms with Gasteiger partial charge in [0.15, 0.2) is 5.78 Å². The second-order valence-corrected chi connectivity index (χ2v) is 14.3. The smallest absolute Gasteiger partial charge is 0.276 e. The highest BCUT2D eigenvalue weighted by molar-refractivity contribution is 6.06. The molecule has 7 rings (SSSR count). The molecule has 1 saturated heterocycles. The number of hydrogen-bond acceptors (Lipinski definition) is 8. The van der Waals surface area contributed by atoms with E-state index >= 15 is 0 Å². The van der Waals surface area contributed by atoms with Crippen molar-refractivity contribution in [1.29, 1.82) is 0 Å². The fourth-order valence-electron chi connectivity index (χ4n) is 7.82. The molecule has 0 spiro atoms. The van der Waals surface area contributed by atoms with Gasteiger partial charge in [-0.15, -0.1) is 0 Å². The SMILES string of the molecule is C.C=CC(=O)C[C@H]1CCCN(c2cccc(Nc3cc(-c4ccnc(N5CCn6c(cc7c6CC(C)(C)C7)C5=O)c4CO)cn(C)c3=O)n2)C1. The Morgan fingerprint density at radius 2 is 1.96 bits per heavy atom. The van der Waals surface area contributed by atoms with Crippen LogP contribution in [0.25, 0.3) is 11.1 Å².